The van der Waals surface area contributed by atoms with Crippen molar-refractivity contribution >= 4 is 16.8 Å². The molecule has 0 aliphatic heterocycles. The second-order valence-corrected chi connectivity index (χ2v) is 4.64. The smallest absolute Gasteiger partial charge is 0.239 e. The van der Waals surface area contributed by atoms with E-state index in [1.54, 1.807) is 0 Å². The standard InChI is InChI=1S/C16H20N2O/c1-3-4-7-10-17-16(19)12-18-13(2)11-14-8-5-6-9-15(14)18/h3-6,8-9,11H,7,10,12H2,1-2H3,(H,17,19)/b4-3+. The molecule has 0 fully saturated rings. The van der Waals surface area contributed by atoms with Gasteiger partial charge in [-0.05, 0) is 37.8 Å². The van der Waals surface area contributed by atoms with Crippen LogP contribution in [0.15, 0.2) is 42.5 Å². The normalized spacial score (nSPS) is 11.3. The van der Waals surface area contributed by atoms with Crippen LogP contribution in [-0.4, -0.2) is 17.0 Å². The average Bonchev–Trinajstić information content (AvgIpc) is 2.72. The summed E-state index contributed by atoms with van der Waals surface area (Å²) in [4.78, 5) is 11.9. The minimum absolute atomic E-state index is 0.0638. The topological polar surface area (TPSA) is 34.0 Å². The molecule has 0 spiro atoms. The second-order valence-electron chi connectivity index (χ2n) is 4.64. The summed E-state index contributed by atoms with van der Waals surface area (Å²) in [7, 11) is 0. The van der Waals surface area contributed by atoms with Gasteiger partial charge in [-0.25, -0.2) is 0 Å². The van der Waals surface area contributed by atoms with Gasteiger partial charge in [-0.15, -0.1) is 0 Å². The third kappa shape index (κ3) is 3.25. The van der Waals surface area contributed by atoms with Crippen LogP contribution < -0.4 is 5.32 Å². The maximum Gasteiger partial charge on any atom is 0.239 e. The number of fused-ring (bicyclic) bond motifs is 1. The second kappa shape index (κ2) is 6.23. The van der Waals surface area contributed by atoms with Gasteiger partial charge < -0.3 is 9.88 Å². The lowest BCUT2D eigenvalue weighted by atomic mass is 10.2. The molecule has 3 heteroatoms. The summed E-state index contributed by atoms with van der Waals surface area (Å²) in [5.41, 5.74) is 2.23. The van der Waals surface area contributed by atoms with E-state index in [0.717, 1.165) is 17.6 Å². The molecule has 0 radical (unpaired) electrons. The van der Waals surface area contributed by atoms with E-state index in [4.69, 9.17) is 0 Å². The van der Waals surface area contributed by atoms with Crippen LogP contribution in [0.2, 0.25) is 0 Å². The molecular weight excluding hydrogens is 236 g/mol. The molecule has 1 aromatic heterocycles. The summed E-state index contributed by atoms with van der Waals surface area (Å²) in [6, 6.07) is 10.3. The van der Waals surface area contributed by atoms with Gasteiger partial charge in [0.1, 0.15) is 6.54 Å². The number of allylic oxidation sites excluding steroid dienone is 1. The first-order valence-electron chi connectivity index (χ1n) is 6.65. The molecule has 0 atom stereocenters. The van der Waals surface area contributed by atoms with E-state index in [0.29, 0.717) is 13.1 Å². The maximum absolute atomic E-state index is 11.9. The molecule has 1 aromatic carbocycles. The third-order valence-corrected chi connectivity index (χ3v) is 3.19. The van der Waals surface area contributed by atoms with Crippen LogP contribution in [0, 0.1) is 6.92 Å². The lowest BCUT2D eigenvalue weighted by molar-refractivity contribution is -0.121. The summed E-state index contributed by atoms with van der Waals surface area (Å²) >= 11 is 0. The monoisotopic (exact) mass is 256 g/mol. The van der Waals surface area contributed by atoms with Gasteiger partial charge in [-0.1, -0.05) is 30.4 Å². The molecular formula is C16H20N2O. The molecule has 0 bridgehead atoms. The SMILES string of the molecule is C/C=C/CCNC(=O)Cn1c(C)cc2ccccc21. The van der Waals surface area contributed by atoms with Crippen molar-refractivity contribution in [2.24, 2.45) is 0 Å². The Bertz CT molecular complexity index is 596. The number of aryl methyl sites for hydroxylation is 1. The Kier molecular flexibility index (Phi) is 4.39. The predicted octanol–water partition coefficient (Wildman–Crippen LogP) is 3.03. The van der Waals surface area contributed by atoms with Gasteiger partial charge in [-0.2, -0.15) is 0 Å². The van der Waals surface area contributed by atoms with E-state index in [1.807, 2.05) is 32.1 Å². The average molecular weight is 256 g/mol. The van der Waals surface area contributed by atoms with Crippen molar-refractivity contribution in [3.8, 4) is 0 Å². The quantitative estimate of drug-likeness (QED) is 0.647. The lowest BCUT2D eigenvalue weighted by Gasteiger charge is -2.08. The number of hydrogen-bond acceptors (Lipinski definition) is 1. The number of para-hydroxylation sites is 1. The molecule has 1 N–H and O–H groups in total. The minimum atomic E-state index is 0.0638. The summed E-state index contributed by atoms with van der Waals surface area (Å²) < 4.78 is 2.06. The minimum Gasteiger partial charge on any atom is -0.354 e. The molecule has 0 aliphatic rings. The highest BCUT2D eigenvalue weighted by atomic mass is 16.1. The van der Waals surface area contributed by atoms with Crippen LogP contribution in [0.1, 0.15) is 19.0 Å². The summed E-state index contributed by atoms with van der Waals surface area (Å²) in [5, 5.41) is 4.12. The highest BCUT2D eigenvalue weighted by molar-refractivity contribution is 5.84. The summed E-state index contributed by atoms with van der Waals surface area (Å²) in [5.74, 6) is 0.0638. The van der Waals surface area contributed by atoms with E-state index < -0.39 is 0 Å². The molecule has 0 aliphatic carbocycles. The number of nitrogens with zero attached hydrogens (tertiary/aromatic N) is 1. The van der Waals surface area contributed by atoms with Crippen molar-refractivity contribution in [3.05, 3.63) is 48.2 Å². The summed E-state index contributed by atoms with van der Waals surface area (Å²) in [6.07, 6.45) is 4.93. The Hall–Kier alpha value is -2.03. The van der Waals surface area contributed by atoms with E-state index >= 15 is 0 Å². The fourth-order valence-electron chi connectivity index (χ4n) is 2.22. The fourth-order valence-corrected chi connectivity index (χ4v) is 2.22. The Morgan fingerprint density at radius 3 is 2.95 bits per heavy atom. The van der Waals surface area contributed by atoms with Crippen LogP contribution in [0.5, 0.6) is 0 Å². The molecule has 2 rings (SSSR count). The van der Waals surface area contributed by atoms with Crippen molar-refractivity contribution in [2.75, 3.05) is 6.54 Å². The molecule has 0 saturated heterocycles. The number of benzene rings is 1. The third-order valence-electron chi connectivity index (χ3n) is 3.19. The number of carbonyl (C=O) groups is 1. The Morgan fingerprint density at radius 1 is 1.37 bits per heavy atom. The van der Waals surface area contributed by atoms with Gasteiger partial charge >= 0.3 is 0 Å². The Balaban J connectivity index is 2.04. The van der Waals surface area contributed by atoms with E-state index in [2.05, 4.69) is 34.2 Å². The molecule has 3 nitrogen and oxygen atoms in total. The zero-order chi connectivity index (χ0) is 13.7. The predicted molar refractivity (Wildman–Crippen MR) is 79.1 cm³/mol. The number of aromatic nitrogens is 1. The lowest BCUT2D eigenvalue weighted by Crippen LogP contribution is -2.28. The molecule has 0 saturated carbocycles. The van der Waals surface area contributed by atoms with Gasteiger partial charge in [-0.3, -0.25) is 4.79 Å². The fraction of sp³-hybridized carbons (Fsp3) is 0.312. The van der Waals surface area contributed by atoms with Crippen LogP contribution in [0.3, 0.4) is 0 Å². The zero-order valence-corrected chi connectivity index (χ0v) is 11.5. The van der Waals surface area contributed by atoms with Crippen LogP contribution in [0.4, 0.5) is 0 Å². The van der Waals surface area contributed by atoms with Crippen LogP contribution in [0.25, 0.3) is 10.9 Å². The number of hydrogen-bond donors (Lipinski definition) is 1. The zero-order valence-electron chi connectivity index (χ0n) is 11.5. The first-order chi connectivity index (χ1) is 9.22. The van der Waals surface area contributed by atoms with Crippen molar-refractivity contribution < 1.29 is 4.79 Å². The van der Waals surface area contributed by atoms with Crippen LogP contribution in [-0.2, 0) is 11.3 Å². The summed E-state index contributed by atoms with van der Waals surface area (Å²) in [6.45, 7) is 5.10. The molecule has 1 heterocycles. The number of nitrogens with one attached hydrogen (secondary N) is 1. The van der Waals surface area contributed by atoms with Gasteiger partial charge in [0.05, 0.1) is 0 Å². The van der Waals surface area contributed by atoms with Gasteiger partial charge in [0, 0.05) is 17.8 Å². The first-order valence-corrected chi connectivity index (χ1v) is 6.65. The van der Waals surface area contributed by atoms with Crippen molar-refractivity contribution in [3.63, 3.8) is 0 Å². The van der Waals surface area contributed by atoms with E-state index in [-0.39, 0.29) is 5.91 Å². The Morgan fingerprint density at radius 2 is 2.16 bits per heavy atom. The number of amides is 1. The Labute approximate surface area is 113 Å². The van der Waals surface area contributed by atoms with E-state index in [1.165, 1.54) is 5.39 Å². The highest BCUT2D eigenvalue weighted by Gasteiger charge is 2.08. The van der Waals surface area contributed by atoms with Crippen molar-refractivity contribution in [2.45, 2.75) is 26.8 Å². The highest BCUT2D eigenvalue weighted by Crippen LogP contribution is 2.18. The maximum atomic E-state index is 11.9. The first kappa shape index (κ1) is 13.4. The molecule has 2 aromatic rings. The largest absolute Gasteiger partial charge is 0.354 e. The van der Waals surface area contributed by atoms with Gasteiger partial charge in [0.25, 0.3) is 0 Å². The van der Waals surface area contributed by atoms with E-state index in [9.17, 15) is 4.79 Å². The number of rotatable bonds is 5. The van der Waals surface area contributed by atoms with Crippen molar-refractivity contribution in [1.82, 2.24) is 9.88 Å². The van der Waals surface area contributed by atoms with Crippen molar-refractivity contribution in [1.29, 1.82) is 0 Å². The van der Waals surface area contributed by atoms with Crippen LogP contribution >= 0.6 is 0 Å². The molecule has 0 unspecified atom stereocenters. The number of carbonyl (C=O) groups excluding carboxylic acids is 1. The molecule has 19 heavy (non-hydrogen) atoms. The molecule has 100 valence electrons. The molecule has 1 amide bonds. The van der Waals surface area contributed by atoms with Gasteiger partial charge in [0.15, 0.2) is 0 Å². The van der Waals surface area contributed by atoms with Gasteiger partial charge in [0.2, 0.25) is 5.91 Å².